The molecule has 0 aliphatic carbocycles. The molecule has 0 spiro atoms. The van der Waals surface area contributed by atoms with Gasteiger partial charge in [0.15, 0.2) is 0 Å². The summed E-state index contributed by atoms with van der Waals surface area (Å²) in [6, 6.07) is 1.56. The van der Waals surface area contributed by atoms with Crippen LogP contribution >= 0.6 is 11.5 Å². The molecule has 2 rings (SSSR count). The summed E-state index contributed by atoms with van der Waals surface area (Å²) in [6.45, 7) is 1.59. The molecule has 114 valence electrons. The van der Waals surface area contributed by atoms with Gasteiger partial charge in [-0.05, 0) is 0 Å². The topological polar surface area (TPSA) is 85.2 Å². The molecular weight excluding hydrogens is 292 g/mol. The van der Waals surface area contributed by atoms with Gasteiger partial charge in [-0.2, -0.15) is 5.10 Å². The zero-order chi connectivity index (χ0) is 15.2. The highest BCUT2D eigenvalue weighted by Gasteiger charge is 2.10. The molecule has 0 saturated carbocycles. The molecule has 1 N–H and O–H groups in total. The molecule has 0 aliphatic rings. The fourth-order valence-corrected chi connectivity index (χ4v) is 2.28. The lowest BCUT2D eigenvalue weighted by molar-refractivity contribution is 0.206. The summed E-state index contributed by atoms with van der Waals surface area (Å²) >= 11 is 1.25. The van der Waals surface area contributed by atoms with Gasteiger partial charge in [0, 0.05) is 45.3 Å². The van der Waals surface area contributed by atoms with E-state index in [4.69, 9.17) is 4.74 Å². The number of aromatic nitrogens is 4. The summed E-state index contributed by atoms with van der Waals surface area (Å²) in [5.41, 5.74) is 1.29. The minimum atomic E-state index is -0.174. The molecule has 0 aliphatic heterocycles. The third-order valence-electron chi connectivity index (χ3n) is 3.01. The molecule has 2 heterocycles. The maximum absolute atomic E-state index is 12.1. The van der Waals surface area contributed by atoms with Gasteiger partial charge in [0.1, 0.15) is 10.7 Å². The Bertz CT molecular complexity index is 641. The minimum Gasteiger partial charge on any atom is -0.383 e. The summed E-state index contributed by atoms with van der Waals surface area (Å²) in [7, 11) is 5.33. The number of rotatable bonds is 7. The summed E-state index contributed by atoms with van der Waals surface area (Å²) in [5, 5.41) is 12.0. The van der Waals surface area contributed by atoms with E-state index in [-0.39, 0.29) is 5.56 Å². The van der Waals surface area contributed by atoms with Crippen LogP contribution < -0.4 is 15.8 Å². The fourth-order valence-electron chi connectivity index (χ4n) is 1.75. The molecule has 0 aromatic carbocycles. The second-order valence-corrected chi connectivity index (χ2v) is 5.18. The molecule has 21 heavy (non-hydrogen) atoms. The number of hydrogen-bond donors (Lipinski definition) is 1. The number of anilines is 2. The van der Waals surface area contributed by atoms with Crippen molar-refractivity contribution in [2.24, 2.45) is 0 Å². The van der Waals surface area contributed by atoms with Crippen molar-refractivity contribution in [3.05, 3.63) is 28.3 Å². The smallest absolute Gasteiger partial charge is 0.269 e. The van der Waals surface area contributed by atoms with Gasteiger partial charge in [0.05, 0.1) is 25.0 Å². The van der Waals surface area contributed by atoms with Crippen LogP contribution in [0.15, 0.2) is 17.1 Å². The van der Waals surface area contributed by atoms with Crippen LogP contribution in [0.1, 0.15) is 5.69 Å². The predicted octanol–water partition coefficient (Wildman–Crippen LogP) is 0.267. The lowest BCUT2D eigenvalue weighted by atomic mass is 10.4. The van der Waals surface area contributed by atoms with Gasteiger partial charge < -0.3 is 15.0 Å². The summed E-state index contributed by atoms with van der Waals surface area (Å²) in [4.78, 5) is 14.0. The summed E-state index contributed by atoms with van der Waals surface area (Å²) < 4.78 is 10.2. The number of ether oxygens (including phenoxy) is 1. The summed E-state index contributed by atoms with van der Waals surface area (Å²) in [6.07, 6.45) is 1.66. The van der Waals surface area contributed by atoms with Crippen molar-refractivity contribution >= 4 is 22.2 Å². The highest BCUT2D eigenvalue weighted by Crippen LogP contribution is 2.17. The first-order chi connectivity index (χ1) is 10.2. The third kappa shape index (κ3) is 3.76. The normalized spacial score (nSPS) is 10.6. The average molecular weight is 310 g/mol. The van der Waals surface area contributed by atoms with Gasteiger partial charge in [-0.25, -0.2) is 4.68 Å². The van der Waals surface area contributed by atoms with Crippen LogP contribution in [-0.2, 0) is 11.3 Å². The zero-order valence-electron chi connectivity index (χ0n) is 12.2. The van der Waals surface area contributed by atoms with E-state index in [0.717, 1.165) is 10.7 Å². The van der Waals surface area contributed by atoms with Crippen LogP contribution in [0.25, 0.3) is 0 Å². The Balaban J connectivity index is 2.14. The van der Waals surface area contributed by atoms with Gasteiger partial charge in [-0.1, -0.05) is 4.49 Å². The molecule has 9 heteroatoms. The van der Waals surface area contributed by atoms with Gasteiger partial charge >= 0.3 is 0 Å². The van der Waals surface area contributed by atoms with Gasteiger partial charge in [0.2, 0.25) is 0 Å². The van der Waals surface area contributed by atoms with E-state index >= 15 is 0 Å². The van der Waals surface area contributed by atoms with Crippen LogP contribution in [0.5, 0.6) is 0 Å². The Morgan fingerprint density at radius 3 is 3.00 bits per heavy atom. The maximum Gasteiger partial charge on any atom is 0.269 e. The number of nitrogens with zero attached hydrogens (tertiary/aromatic N) is 5. The molecule has 0 saturated heterocycles. The Morgan fingerprint density at radius 1 is 1.52 bits per heavy atom. The van der Waals surface area contributed by atoms with Crippen molar-refractivity contribution in [3.8, 4) is 0 Å². The number of hydrogen-bond acceptors (Lipinski definition) is 8. The van der Waals surface area contributed by atoms with Crippen molar-refractivity contribution in [1.29, 1.82) is 0 Å². The van der Waals surface area contributed by atoms with E-state index in [2.05, 4.69) is 20.0 Å². The third-order valence-corrected chi connectivity index (χ3v) is 3.79. The van der Waals surface area contributed by atoms with Crippen molar-refractivity contribution in [1.82, 2.24) is 19.4 Å². The fraction of sp³-hybridized carbons (Fsp3) is 0.500. The quantitative estimate of drug-likeness (QED) is 0.785. The Labute approximate surface area is 126 Å². The Hall–Kier alpha value is -2.00. The zero-order valence-corrected chi connectivity index (χ0v) is 13.1. The molecule has 8 nitrogen and oxygen atoms in total. The second-order valence-electron chi connectivity index (χ2n) is 4.42. The van der Waals surface area contributed by atoms with E-state index < -0.39 is 0 Å². The maximum atomic E-state index is 12.1. The van der Waals surface area contributed by atoms with Crippen molar-refractivity contribution in [2.45, 2.75) is 6.54 Å². The Morgan fingerprint density at radius 2 is 2.33 bits per heavy atom. The van der Waals surface area contributed by atoms with Crippen molar-refractivity contribution < 1.29 is 4.74 Å². The van der Waals surface area contributed by atoms with E-state index in [1.54, 1.807) is 26.4 Å². The number of nitrogens with one attached hydrogen (secondary N) is 1. The summed E-state index contributed by atoms with van der Waals surface area (Å²) in [5.74, 6) is 0. The standard InChI is InChI=1S/C12H18N6O2S/c1-13-12-10(15-16-21-12)8-18-11(19)6-9(7-14-18)17(2)4-5-20-3/h6-7,13H,4-5,8H2,1-3H3. The largest absolute Gasteiger partial charge is 0.383 e. The predicted molar refractivity (Wildman–Crippen MR) is 82.2 cm³/mol. The van der Waals surface area contributed by atoms with Crippen LogP contribution in [0.2, 0.25) is 0 Å². The van der Waals surface area contributed by atoms with E-state index in [9.17, 15) is 4.79 Å². The van der Waals surface area contributed by atoms with Crippen molar-refractivity contribution in [2.75, 3.05) is 44.6 Å². The highest BCUT2D eigenvalue weighted by molar-refractivity contribution is 7.10. The van der Waals surface area contributed by atoms with Crippen LogP contribution in [0, 0.1) is 0 Å². The molecule has 2 aromatic rings. The molecule has 0 unspecified atom stereocenters. The van der Waals surface area contributed by atoms with Crippen LogP contribution in [0.3, 0.4) is 0 Å². The first-order valence-electron chi connectivity index (χ1n) is 6.42. The molecule has 0 radical (unpaired) electrons. The monoisotopic (exact) mass is 310 g/mol. The molecule has 0 amide bonds. The minimum absolute atomic E-state index is 0.174. The Kier molecular flexibility index (Phi) is 5.23. The van der Waals surface area contributed by atoms with Gasteiger partial charge in [-0.15, -0.1) is 5.10 Å². The molecule has 0 fully saturated rings. The highest BCUT2D eigenvalue weighted by atomic mass is 32.1. The van der Waals surface area contributed by atoms with Gasteiger partial charge in [0.25, 0.3) is 5.56 Å². The van der Waals surface area contributed by atoms with Crippen LogP contribution in [-0.4, -0.2) is 53.7 Å². The second kappa shape index (κ2) is 7.14. The lowest BCUT2D eigenvalue weighted by Gasteiger charge is -2.18. The van der Waals surface area contributed by atoms with Crippen molar-refractivity contribution in [3.63, 3.8) is 0 Å². The molecule has 2 aromatic heterocycles. The SMILES string of the molecule is CNc1snnc1Cn1ncc(N(C)CCOC)cc1=O. The lowest BCUT2D eigenvalue weighted by Crippen LogP contribution is -2.28. The first-order valence-corrected chi connectivity index (χ1v) is 7.19. The molecule has 0 bridgehead atoms. The number of likely N-dealkylation sites (N-methyl/N-ethyl adjacent to an activating group) is 1. The molecule has 0 atom stereocenters. The van der Waals surface area contributed by atoms with E-state index in [1.165, 1.54) is 16.2 Å². The molecular formula is C12H18N6O2S. The first kappa shape index (κ1) is 15.4. The van der Waals surface area contributed by atoms with Crippen LogP contribution in [0.4, 0.5) is 10.7 Å². The average Bonchev–Trinajstić information content (AvgIpc) is 2.94. The van der Waals surface area contributed by atoms with Gasteiger partial charge in [-0.3, -0.25) is 4.79 Å². The van der Waals surface area contributed by atoms with E-state index in [0.29, 0.717) is 25.4 Å². The number of methoxy groups -OCH3 is 1. The van der Waals surface area contributed by atoms with E-state index in [1.807, 2.05) is 11.9 Å².